The zero-order valence-electron chi connectivity index (χ0n) is 12.5. The Hall–Kier alpha value is -0.870. The molecule has 1 aromatic rings. The van der Waals surface area contributed by atoms with Gasteiger partial charge in [-0.3, -0.25) is 0 Å². The number of hydrogen-bond donors (Lipinski definition) is 1. The Morgan fingerprint density at radius 2 is 1.90 bits per heavy atom. The molecule has 0 amide bonds. The van der Waals surface area contributed by atoms with Gasteiger partial charge in [-0.05, 0) is 36.3 Å². The first-order valence-corrected chi connectivity index (χ1v) is 9.18. The van der Waals surface area contributed by atoms with E-state index in [1.807, 2.05) is 12.1 Å². The Kier molecular flexibility index (Phi) is 4.26. The summed E-state index contributed by atoms with van der Waals surface area (Å²) in [5.74, 6) is 0.474. The van der Waals surface area contributed by atoms with Gasteiger partial charge in [-0.25, -0.2) is 8.42 Å². The first-order chi connectivity index (χ1) is 9.22. The van der Waals surface area contributed by atoms with Crippen molar-refractivity contribution in [1.29, 1.82) is 0 Å². The summed E-state index contributed by atoms with van der Waals surface area (Å²) in [7, 11) is -3.20. The number of rotatable bonds is 4. The van der Waals surface area contributed by atoms with Crippen molar-refractivity contribution in [2.24, 2.45) is 0 Å². The zero-order valence-corrected chi connectivity index (χ0v) is 13.3. The number of aliphatic hydroxyl groups is 1. The molecular formula is C16H24O3S. The minimum absolute atomic E-state index is 0.420. The molecule has 0 aliphatic heterocycles. The molecule has 1 aliphatic rings. The number of sulfone groups is 1. The number of benzene rings is 1. The van der Waals surface area contributed by atoms with Crippen molar-refractivity contribution in [1.82, 2.24) is 0 Å². The molecule has 1 fully saturated rings. The first kappa shape index (κ1) is 15.5. The molecule has 0 saturated heterocycles. The fourth-order valence-corrected chi connectivity index (χ4v) is 4.80. The highest BCUT2D eigenvalue weighted by molar-refractivity contribution is 7.91. The average Bonchev–Trinajstić information content (AvgIpc) is 2.71. The summed E-state index contributed by atoms with van der Waals surface area (Å²) in [6.45, 7) is 4.28. The molecule has 2 unspecified atom stereocenters. The molecule has 1 N–H and O–H groups in total. The van der Waals surface area contributed by atoms with E-state index >= 15 is 0 Å². The summed E-state index contributed by atoms with van der Waals surface area (Å²) in [6.07, 6.45) is 3.56. The Labute approximate surface area is 121 Å². The summed E-state index contributed by atoms with van der Waals surface area (Å²) < 4.78 is 23.6. The van der Waals surface area contributed by atoms with Crippen LogP contribution in [0.25, 0.3) is 0 Å². The lowest BCUT2D eigenvalue weighted by atomic mass is 9.91. The van der Waals surface area contributed by atoms with E-state index in [0.717, 1.165) is 12.0 Å². The van der Waals surface area contributed by atoms with Crippen LogP contribution in [0.2, 0.25) is 0 Å². The summed E-state index contributed by atoms with van der Waals surface area (Å²) >= 11 is 0. The van der Waals surface area contributed by atoms with E-state index in [2.05, 4.69) is 26.0 Å². The van der Waals surface area contributed by atoms with Gasteiger partial charge in [0, 0.05) is 12.7 Å². The minimum atomic E-state index is -3.20. The van der Waals surface area contributed by atoms with Crippen LogP contribution in [0.4, 0.5) is 0 Å². The van der Waals surface area contributed by atoms with Crippen LogP contribution in [0.15, 0.2) is 24.3 Å². The van der Waals surface area contributed by atoms with Gasteiger partial charge in [-0.2, -0.15) is 0 Å². The monoisotopic (exact) mass is 296 g/mol. The lowest BCUT2D eigenvalue weighted by molar-refractivity contribution is 0.0513. The second kappa shape index (κ2) is 5.49. The molecule has 4 heteroatoms. The van der Waals surface area contributed by atoms with Crippen LogP contribution in [-0.4, -0.2) is 30.6 Å². The normalized spacial score (nSPS) is 27.1. The fraction of sp³-hybridized carbons (Fsp3) is 0.625. The lowest BCUT2D eigenvalue weighted by Crippen LogP contribution is -2.44. The quantitative estimate of drug-likeness (QED) is 0.929. The van der Waals surface area contributed by atoms with Crippen molar-refractivity contribution in [2.75, 3.05) is 6.26 Å². The second-order valence-corrected chi connectivity index (χ2v) is 8.62. The molecule has 0 heterocycles. The van der Waals surface area contributed by atoms with Crippen LogP contribution in [-0.2, 0) is 16.3 Å². The van der Waals surface area contributed by atoms with Crippen molar-refractivity contribution in [3.05, 3.63) is 35.4 Å². The van der Waals surface area contributed by atoms with Gasteiger partial charge >= 0.3 is 0 Å². The maximum Gasteiger partial charge on any atom is 0.153 e. The predicted molar refractivity (Wildman–Crippen MR) is 81.7 cm³/mol. The average molecular weight is 296 g/mol. The van der Waals surface area contributed by atoms with Gasteiger partial charge in [-0.1, -0.05) is 38.1 Å². The van der Waals surface area contributed by atoms with Gasteiger partial charge in [0.1, 0.15) is 0 Å². The third-order valence-electron chi connectivity index (χ3n) is 4.35. The first-order valence-electron chi connectivity index (χ1n) is 7.22. The standard InChI is InChI=1S/C16H24O3S/c1-12(2)14-8-6-13(7-9-14)11-16(17)10-4-5-15(16)20(3,18)19/h6-9,12,15,17H,4-5,10-11H2,1-3H3. The highest BCUT2D eigenvalue weighted by Gasteiger charge is 2.46. The Morgan fingerprint density at radius 1 is 1.30 bits per heavy atom. The molecular weight excluding hydrogens is 272 g/mol. The van der Waals surface area contributed by atoms with Crippen LogP contribution in [0.1, 0.15) is 50.2 Å². The fourth-order valence-electron chi connectivity index (χ4n) is 3.21. The van der Waals surface area contributed by atoms with E-state index in [4.69, 9.17) is 0 Å². The molecule has 1 aromatic carbocycles. The van der Waals surface area contributed by atoms with Crippen molar-refractivity contribution < 1.29 is 13.5 Å². The van der Waals surface area contributed by atoms with E-state index in [9.17, 15) is 13.5 Å². The van der Waals surface area contributed by atoms with E-state index in [-0.39, 0.29) is 0 Å². The van der Waals surface area contributed by atoms with E-state index < -0.39 is 20.7 Å². The third-order valence-corrected chi connectivity index (χ3v) is 6.06. The summed E-state index contributed by atoms with van der Waals surface area (Å²) in [5.41, 5.74) is 1.16. The molecule has 20 heavy (non-hydrogen) atoms. The topological polar surface area (TPSA) is 54.4 Å². The van der Waals surface area contributed by atoms with E-state index in [1.165, 1.54) is 11.8 Å². The van der Waals surface area contributed by atoms with E-state index in [1.54, 1.807) is 0 Å². The van der Waals surface area contributed by atoms with Crippen LogP contribution in [0, 0.1) is 0 Å². The van der Waals surface area contributed by atoms with Gasteiger partial charge < -0.3 is 5.11 Å². The van der Waals surface area contributed by atoms with Gasteiger partial charge in [0.05, 0.1) is 10.9 Å². The smallest absolute Gasteiger partial charge is 0.153 e. The minimum Gasteiger partial charge on any atom is -0.388 e. The molecule has 0 bridgehead atoms. The molecule has 2 rings (SSSR count). The van der Waals surface area contributed by atoms with Crippen LogP contribution in [0.3, 0.4) is 0 Å². The van der Waals surface area contributed by atoms with Gasteiger partial charge in [0.15, 0.2) is 9.84 Å². The molecule has 1 saturated carbocycles. The Balaban J connectivity index is 2.19. The molecule has 3 nitrogen and oxygen atoms in total. The molecule has 0 aromatic heterocycles. The highest BCUT2D eigenvalue weighted by atomic mass is 32.2. The molecule has 0 radical (unpaired) electrons. The SMILES string of the molecule is CC(C)c1ccc(CC2(O)CCCC2S(C)(=O)=O)cc1. The van der Waals surface area contributed by atoms with Crippen molar-refractivity contribution in [3.63, 3.8) is 0 Å². The maximum absolute atomic E-state index is 11.8. The van der Waals surface area contributed by atoms with Gasteiger partial charge in [-0.15, -0.1) is 0 Å². The Morgan fingerprint density at radius 3 is 2.40 bits per heavy atom. The Bertz CT molecular complexity index is 560. The molecule has 0 spiro atoms. The predicted octanol–water partition coefficient (Wildman–Crippen LogP) is 2.68. The van der Waals surface area contributed by atoms with Crippen LogP contribution in [0.5, 0.6) is 0 Å². The lowest BCUT2D eigenvalue weighted by Gasteiger charge is -2.29. The summed E-state index contributed by atoms with van der Waals surface area (Å²) in [6, 6.07) is 8.14. The molecule has 1 aliphatic carbocycles. The van der Waals surface area contributed by atoms with Crippen LogP contribution < -0.4 is 0 Å². The zero-order chi connectivity index (χ0) is 15.0. The molecule has 2 atom stereocenters. The maximum atomic E-state index is 11.8. The second-order valence-electron chi connectivity index (χ2n) is 6.39. The van der Waals surface area contributed by atoms with E-state index in [0.29, 0.717) is 25.2 Å². The van der Waals surface area contributed by atoms with Crippen molar-refractivity contribution in [2.45, 2.75) is 56.3 Å². The van der Waals surface area contributed by atoms with Crippen molar-refractivity contribution >= 4 is 9.84 Å². The summed E-state index contributed by atoms with van der Waals surface area (Å²) in [4.78, 5) is 0. The third kappa shape index (κ3) is 3.23. The van der Waals surface area contributed by atoms with Crippen molar-refractivity contribution in [3.8, 4) is 0 Å². The van der Waals surface area contributed by atoms with Crippen LogP contribution >= 0.6 is 0 Å². The number of hydrogen-bond acceptors (Lipinski definition) is 3. The molecule has 112 valence electrons. The van der Waals surface area contributed by atoms with Gasteiger partial charge in [0.25, 0.3) is 0 Å². The van der Waals surface area contributed by atoms with Gasteiger partial charge in [0.2, 0.25) is 0 Å². The summed E-state index contributed by atoms with van der Waals surface area (Å²) in [5, 5.41) is 10.1. The highest BCUT2D eigenvalue weighted by Crippen LogP contribution is 2.37. The largest absolute Gasteiger partial charge is 0.388 e.